The van der Waals surface area contributed by atoms with Crippen LogP contribution in [0.4, 0.5) is 0 Å². The summed E-state index contributed by atoms with van der Waals surface area (Å²) in [5, 5.41) is 0. The van der Waals surface area contributed by atoms with Crippen molar-refractivity contribution >= 4 is 18.0 Å². The lowest BCUT2D eigenvalue weighted by Gasteiger charge is -2.35. The van der Waals surface area contributed by atoms with Crippen molar-refractivity contribution in [3.63, 3.8) is 0 Å². The Hall–Kier alpha value is -2.70. The molecule has 1 heterocycles. The van der Waals surface area contributed by atoms with Crippen LogP contribution in [-0.2, 0) is 14.3 Å². The van der Waals surface area contributed by atoms with Gasteiger partial charge in [0.25, 0.3) is 5.91 Å². The molecule has 0 bridgehead atoms. The number of ether oxygens (including phenoxy) is 4. The molecule has 0 radical (unpaired) electrons. The zero-order chi connectivity index (χ0) is 20.5. The highest BCUT2D eigenvalue weighted by Crippen LogP contribution is 2.35. The van der Waals surface area contributed by atoms with Gasteiger partial charge < -0.3 is 23.8 Å². The number of carbonyl (C=O) groups excluding carboxylic acids is 2. The molecule has 1 atom stereocenters. The van der Waals surface area contributed by atoms with Crippen molar-refractivity contribution in [2.45, 2.75) is 38.6 Å². The van der Waals surface area contributed by atoms with Gasteiger partial charge in [0.2, 0.25) is 0 Å². The first kappa shape index (κ1) is 21.6. The fraction of sp³-hybridized carbons (Fsp3) is 0.524. The molecule has 1 aliphatic rings. The maximum Gasteiger partial charge on any atom is 0.331 e. The first-order chi connectivity index (χ1) is 13.5. The Bertz CT molecular complexity index is 715. The van der Waals surface area contributed by atoms with Gasteiger partial charge in [-0.25, -0.2) is 4.79 Å². The van der Waals surface area contributed by atoms with E-state index in [1.165, 1.54) is 27.4 Å². The lowest BCUT2D eigenvalue weighted by Crippen LogP contribution is -2.45. The standard InChI is InChI=1S/C21H29NO6/c1-5-16-8-6-7-11-22(16)20(23)14-28-21(24)10-9-15-12-18(26-3)19(27-4)13-17(15)25-2/h9-10,12-13,16H,5-8,11,14H2,1-4H3/b10-9+. The first-order valence-corrected chi connectivity index (χ1v) is 9.48. The summed E-state index contributed by atoms with van der Waals surface area (Å²) in [6, 6.07) is 3.62. The second-order valence-corrected chi connectivity index (χ2v) is 6.54. The van der Waals surface area contributed by atoms with Gasteiger partial charge >= 0.3 is 5.97 Å². The molecule has 7 nitrogen and oxygen atoms in total. The van der Waals surface area contributed by atoms with Crippen molar-refractivity contribution in [2.24, 2.45) is 0 Å². The van der Waals surface area contributed by atoms with Crippen LogP contribution in [0.1, 0.15) is 38.2 Å². The topological polar surface area (TPSA) is 74.3 Å². The zero-order valence-corrected chi connectivity index (χ0v) is 17.0. The third-order valence-corrected chi connectivity index (χ3v) is 4.89. The molecular weight excluding hydrogens is 362 g/mol. The van der Waals surface area contributed by atoms with E-state index in [4.69, 9.17) is 18.9 Å². The highest BCUT2D eigenvalue weighted by Gasteiger charge is 2.25. The third kappa shape index (κ3) is 5.41. The molecule has 7 heteroatoms. The second kappa shape index (κ2) is 10.6. The van der Waals surface area contributed by atoms with E-state index in [-0.39, 0.29) is 18.6 Å². The Labute approximate surface area is 166 Å². The SMILES string of the molecule is CCC1CCCCN1C(=O)COC(=O)/C=C/c1cc(OC)c(OC)cc1OC. The van der Waals surface area contributed by atoms with Crippen LogP contribution in [0.2, 0.25) is 0 Å². The van der Waals surface area contributed by atoms with E-state index in [1.54, 1.807) is 18.2 Å². The summed E-state index contributed by atoms with van der Waals surface area (Å²) in [6.45, 7) is 2.55. The zero-order valence-electron chi connectivity index (χ0n) is 17.0. The van der Waals surface area contributed by atoms with Crippen LogP contribution >= 0.6 is 0 Å². The molecule has 1 fully saturated rings. The van der Waals surface area contributed by atoms with Crippen molar-refractivity contribution < 1.29 is 28.5 Å². The highest BCUT2D eigenvalue weighted by atomic mass is 16.5. The van der Waals surface area contributed by atoms with E-state index in [0.717, 1.165) is 32.2 Å². The van der Waals surface area contributed by atoms with E-state index in [9.17, 15) is 9.59 Å². The molecule has 1 unspecified atom stereocenters. The average Bonchev–Trinajstić information content (AvgIpc) is 2.74. The van der Waals surface area contributed by atoms with E-state index < -0.39 is 5.97 Å². The number of nitrogens with zero attached hydrogens (tertiary/aromatic N) is 1. The monoisotopic (exact) mass is 391 g/mol. The predicted molar refractivity (Wildman–Crippen MR) is 106 cm³/mol. The summed E-state index contributed by atoms with van der Waals surface area (Å²) < 4.78 is 21.0. The molecule has 0 spiro atoms. The van der Waals surface area contributed by atoms with Crippen LogP contribution in [0.25, 0.3) is 6.08 Å². The van der Waals surface area contributed by atoms with Crippen LogP contribution < -0.4 is 14.2 Å². The molecule has 1 amide bonds. The molecule has 1 aromatic carbocycles. The molecule has 1 aromatic rings. The molecule has 2 rings (SSSR count). The van der Waals surface area contributed by atoms with Gasteiger partial charge in [-0.05, 0) is 37.8 Å². The van der Waals surface area contributed by atoms with Gasteiger partial charge in [0.15, 0.2) is 18.1 Å². The lowest BCUT2D eigenvalue weighted by atomic mass is 10.00. The largest absolute Gasteiger partial charge is 0.496 e. The summed E-state index contributed by atoms with van der Waals surface area (Å²) >= 11 is 0. The number of rotatable bonds is 8. The lowest BCUT2D eigenvalue weighted by molar-refractivity contribution is -0.150. The maximum absolute atomic E-state index is 12.4. The fourth-order valence-corrected chi connectivity index (χ4v) is 3.36. The van der Waals surface area contributed by atoms with Crippen LogP contribution in [0.5, 0.6) is 17.2 Å². The van der Waals surface area contributed by atoms with Gasteiger partial charge in [-0.15, -0.1) is 0 Å². The van der Waals surface area contributed by atoms with Crippen molar-refractivity contribution in [3.8, 4) is 17.2 Å². The Morgan fingerprint density at radius 3 is 2.39 bits per heavy atom. The first-order valence-electron chi connectivity index (χ1n) is 9.48. The number of hydrogen-bond donors (Lipinski definition) is 0. The van der Waals surface area contributed by atoms with Crippen molar-refractivity contribution in [1.29, 1.82) is 0 Å². The molecule has 1 aliphatic heterocycles. The number of methoxy groups -OCH3 is 3. The van der Waals surface area contributed by atoms with Crippen LogP contribution in [0, 0.1) is 0 Å². The molecule has 0 aromatic heterocycles. The number of hydrogen-bond acceptors (Lipinski definition) is 6. The molecule has 0 N–H and O–H groups in total. The molecule has 0 aliphatic carbocycles. The van der Waals surface area contributed by atoms with Gasteiger partial charge in [-0.2, -0.15) is 0 Å². The summed E-state index contributed by atoms with van der Waals surface area (Å²) in [7, 11) is 4.59. The molecule has 1 saturated heterocycles. The van der Waals surface area contributed by atoms with Crippen molar-refractivity contribution in [1.82, 2.24) is 4.90 Å². The molecule has 0 saturated carbocycles. The minimum absolute atomic E-state index is 0.142. The molecular formula is C21H29NO6. The summed E-state index contributed by atoms with van der Waals surface area (Å²) in [6.07, 6.45) is 6.88. The quantitative estimate of drug-likeness (QED) is 0.501. The van der Waals surface area contributed by atoms with Crippen LogP contribution in [0.15, 0.2) is 18.2 Å². The fourth-order valence-electron chi connectivity index (χ4n) is 3.36. The van der Waals surface area contributed by atoms with Gasteiger partial charge in [-0.3, -0.25) is 4.79 Å². The summed E-state index contributed by atoms with van der Waals surface area (Å²) in [4.78, 5) is 26.3. The number of piperidine rings is 1. The summed E-state index contributed by atoms with van der Waals surface area (Å²) in [5.41, 5.74) is 0.630. The van der Waals surface area contributed by atoms with Crippen molar-refractivity contribution in [3.05, 3.63) is 23.8 Å². The van der Waals surface area contributed by atoms with E-state index in [1.807, 2.05) is 4.90 Å². The number of likely N-dealkylation sites (tertiary alicyclic amines) is 1. The number of benzene rings is 1. The van der Waals surface area contributed by atoms with E-state index >= 15 is 0 Å². The second-order valence-electron chi connectivity index (χ2n) is 6.54. The average molecular weight is 391 g/mol. The van der Waals surface area contributed by atoms with Crippen LogP contribution in [-0.4, -0.2) is 57.3 Å². The summed E-state index contributed by atoms with van der Waals surface area (Å²) in [5.74, 6) is 0.836. The predicted octanol–water partition coefficient (Wildman–Crippen LogP) is 3.06. The maximum atomic E-state index is 12.4. The van der Waals surface area contributed by atoms with E-state index in [2.05, 4.69) is 6.92 Å². The normalized spacial score (nSPS) is 16.7. The van der Waals surface area contributed by atoms with Gasteiger partial charge in [-0.1, -0.05) is 6.92 Å². The Morgan fingerprint density at radius 2 is 1.75 bits per heavy atom. The number of esters is 1. The van der Waals surface area contributed by atoms with Crippen molar-refractivity contribution in [2.75, 3.05) is 34.5 Å². The Morgan fingerprint density at radius 1 is 1.07 bits per heavy atom. The minimum atomic E-state index is -0.588. The van der Waals surface area contributed by atoms with Gasteiger partial charge in [0, 0.05) is 30.3 Å². The van der Waals surface area contributed by atoms with Crippen LogP contribution in [0.3, 0.4) is 0 Å². The van der Waals surface area contributed by atoms with Gasteiger partial charge in [0.1, 0.15) is 5.75 Å². The van der Waals surface area contributed by atoms with Gasteiger partial charge in [0.05, 0.1) is 21.3 Å². The third-order valence-electron chi connectivity index (χ3n) is 4.89. The number of carbonyl (C=O) groups is 2. The minimum Gasteiger partial charge on any atom is -0.496 e. The Kier molecular flexibility index (Phi) is 8.17. The molecule has 154 valence electrons. The Balaban J connectivity index is 1.99. The molecule has 28 heavy (non-hydrogen) atoms. The number of amides is 1. The smallest absolute Gasteiger partial charge is 0.331 e. The highest BCUT2D eigenvalue weighted by molar-refractivity contribution is 5.90. The van der Waals surface area contributed by atoms with E-state index in [0.29, 0.717) is 22.8 Å².